The minimum absolute atomic E-state index is 0.000339. The molecule has 44 heavy (non-hydrogen) atoms. The summed E-state index contributed by atoms with van der Waals surface area (Å²) in [5.41, 5.74) is 5.43. The molecule has 1 atom stereocenters. The van der Waals surface area contributed by atoms with Crippen molar-refractivity contribution in [1.29, 1.82) is 0 Å². The van der Waals surface area contributed by atoms with E-state index in [1.165, 1.54) is 7.05 Å². The number of aromatic nitrogens is 4. The van der Waals surface area contributed by atoms with Crippen LogP contribution in [0.4, 0.5) is 22.9 Å². The molecule has 0 radical (unpaired) electrons. The highest BCUT2D eigenvalue weighted by Crippen LogP contribution is 2.50. The van der Waals surface area contributed by atoms with Crippen molar-refractivity contribution in [3.8, 4) is 11.1 Å². The standard InChI is InChI=1S/C30H39N9O4S/c1-5-24-28-21(17-32-39(28)19-12-14-38(15-13-19)44(42,43)6-2)20-8-7-9-22(27(20)37(24)4)33-23-16-25(34-29(40)18-10-11-18)35-36-26(23)30(41)31-3/h7-9,16-19,24H,5-6,10-15H2,1-4H3,(H,31,41)(H2,33,34,35,40)/t24-/m1/s1. The lowest BCUT2D eigenvalue weighted by atomic mass is 9.91. The monoisotopic (exact) mass is 621 g/mol. The summed E-state index contributed by atoms with van der Waals surface area (Å²) in [6.07, 6.45) is 5.88. The molecule has 3 aliphatic rings. The Morgan fingerprint density at radius 2 is 1.77 bits per heavy atom. The van der Waals surface area contributed by atoms with Crippen LogP contribution in [0, 0.1) is 5.92 Å². The van der Waals surface area contributed by atoms with Crippen LogP contribution in [0.3, 0.4) is 0 Å². The highest BCUT2D eigenvalue weighted by Gasteiger charge is 2.37. The average Bonchev–Trinajstić information content (AvgIpc) is 3.80. The van der Waals surface area contributed by atoms with Crippen molar-refractivity contribution in [3.05, 3.63) is 41.9 Å². The van der Waals surface area contributed by atoms with Crippen molar-refractivity contribution in [1.82, 2.24) is 29.6 Å². The van der Waals surface area contributed by atoms with E-state index in [1.54, 1.807) is 17.3 Å². The van der Waals surface area contributed by atoms with Gasteiger partial charge in [0.15, 0.2) is 11.5 Å². The molecule has 13 nitrogen and oxygen atoms in total. The van der Waals surface area contributed by atoms with Crippen LogP contribution in [0.25, 0.3) is 11.1 Å². The Labute approximate surface area is 257 Å². The van der Waals surface area contributed by atoms with E-state index in [-0.39, 0.29) is 41.2 Å². The predicted octanol–water partition coefficient (Wildman–Crippen LogP) is 3.68. The first kappa shape index (κ1) is 30.0. The van der Waals surface area contributed by atoms with Crippen molar-refractivity contribution < 1.29 is 18.0 Å². The van der Waals surface area contributed by atoms with Gasteiger partial charge in [-0.3, -0.25) is 14.3 Å². The van der Waals surface area contributed by atoms with E-state index in [9.17, 15) is 18.0 Å². The molecule has 2 aliphatic heterocycles. The second kappa shape index (κ2) is 11.8. The maximum Gasteiger partial charge on any atom is 0.273 e. The second-order valence-electron chi connectivity index (χ2n) is 11.6. The number of fused-ring (bicyclic) bond motifs is 3. The smallest absolute Gasteiger partial charge is 0.273 e. The molecule has 4 heterocycles. The van der Waals surface area contributed by atoms with E-state index in [2.05, 4.69) is 55.8 Å². The number of carbonyl (C=O) groups excluding carboxylic acids is 2. The zero-order valence-electron chi connectivity index (χ0n) is 25.5. The highest BCUT2D eigenvalue weighted by atomic mass is 32.2. The first-order chi connectivity index (χ1) is 21.2. The Morgan fingerprint density at radius 1 is 1.02 bits per heavy atom. The SMILES string of the molecule is CC[C@@H]1c2c(cnn2C2CCN(S(=O)(=O)CC)CC2)-c2cccc(Nc3cc(NC(=O)C4CC4)nnc3C(=O)NC)c2N1C. The summed E-state index contributed by atoms with van der Waals surface area (Å²) >= 11 is 0. The van der Waals surface area contributed by atoms with Crippen molar-refractivity contribution in [2.75, 3.05) is 48.5 Å². The van der Waals surface area contributed by atoms with Crippen LogP contribution in [-0.2, 0) is 14.8 Å². The molecule has 1 saturated carbocycles. The van der Waals surface area contributed by atoms with E-state index in [1.807, 2.05) is 18.3 Å². The van der Waals surface area contributed by atoms with Gasteiger partial charge in [-0.05, 0) is 45.1 Å². The number of para-hydroxylation sites is 1. The topological polar surface area (TPSA) is 154 Å². The van der Waals surface area contributed by atoms with Gasteiger partial charge in [0, 0.05) is 50.3 Å². The molecule has 2 amide bonds. The molecule has 1 saturated heterocycles. The number of benzene rings is 1. The largest absolute Gasteiger partial charge is 0.364 e. The van der Waals surface area contributed by atoms with Crippen LogP contribution in [0.15, 0.2) is 30.5 Å². The second-order valence-corrected chi connectivity index (χ2v) is 13.9. The van der Waals surface area contributed by atoms with Gasteiger partial charge in [0.1, 0.15) is 0 Å². The van der Waals surface area contributed by atoms with Crippen LogP contribution in [0.5, 0.6) is 0 Å². The number of piperidine rings is 1. The third-order valence-electron chi connectivity index (χ3n) is 8.92. The highest BCUT2D eigenvalue weighted by molar-refractivity contribution is 7.89. The van der Waals surface area contributed by atoms with E-state index < -0.39 is 15.9 Å². The lowest BCUT2D eigenvalue weighted by Crippen LogP contribution is -2.40. The van der Waals surface area contributed by atoms with E-state index in [0.717, 1.165) is 47.5 Å². The minimum Gasteiger partial charge on any atom is -0.364 e. The Bertz CT molecular complexity index is 1690. The van der Waals surface area contributed by atoms with Gasteiger partial charge >= 0.3 is 0 Å². The average molecular weight is 622 g/mol. The summed E-state index contributed by atoms with van der Waals surface area (Å²) in [5.74, 6) is -0.0993. The fourth-order valence-corrected chi connectivity index (χ4v) is 7.48. The first-order valence-electron chi connectivity index (χ1n) is 15.3. The number of nitrogens with one attached hydrogen (secondary N) is 3. The Morgan fingerprint density at radius 3 is 2.43 bits per heavy atom. The number of rotatable bonds is 9. The molecule has 0 unspecified atom stereocenters. The number of sulfonamides is 1. The maximum absolute atomic E-state index is 12.7. The first-order valence-corrected chi connectivity index (χ1v) is 16.9. The van der Waals surface area contributed by atoms with Crippen LogP contribution in [0.2, 0.25) is 0 Å². The lowest BCUT2D eigenvalue weighted by Gasteiger charge is -2.39. The molecular formula is C30H39N9O4S. The normalized spacial score (nSPS) is 18.8. The summed E-state index contributed by atoms with van der Waals surface area (Å²) < 4.78 is 28.6. The minimum atomic E-state index is -3.21. The van der Waals surface area contributed by atoms with Crippen LogP contribution >= 0.6 is 0 Å². The molecule has 234 valence electrons. The fraction of sp³-hybridized carbons (Fsp3) is 0.500. The Balaban J connectivity index is 1.35. The summed E-state index contributed by atoms with van der Waals surface area (Å²) in [6.45, 7) is 4.81. The number of anilines is 4. The fourth-order valence-electron chi connectivity index (χ4n) is 6.35. The van der Waals surface area contributed by atoms with Crippen molar-refractivity contribution in [2.24, 2.45) is 5.92 Å². The van der Waals surface area contributed by atoms with Crippen molar-refractivity contribution in [2.45, 2.75) is 58.0 Å². The van der Waals surface area contributed by atoms with Gasteiger partial charge in [-0.1, -0.05) is 19.1 Å². The Kier molecular flexibility index (Phi) is 8.05. The van der Waals surface area contributed by atoms with Crippen molar-refractivity contribution in [3.63, 3.8) is 0 Å². The predicted molar refractivity (Wildman–Crippen MR) is 168 cm³/mol. The number of nitrogens with zero attached hydrogens (tertiary/aromatic N) is 6. The number of amides is 2. The zero-order valence-corrected chi connectivity index (χ0v) is 26.3. The molecule has 1 aromatic carbocycles. The number of carbonyl (C=O) groups is 2. The van der Waals surface area contributed by atoms with Gasteiger partial charge in [0.2, 0.25) is 15.9 Å². The molecule has 0 spiro atoms. The van der Waals surface area contributed by atoms with E-state index in [0.29, 0.717) is 31.6 Å². The number of hydrogen-bond donors (Lipinski definition) is 3. The quantitative estimate of drug-likeness (QED) is 0.325. The summed E-state index contributed by atoms with van der Waals surface area (Å²) in [7, 11) is 0.379. The van der Waals surface area contributed by atoms with Crippen molar-refractivity contribution >= 4 is 44.7 Å². The lowest BCUT2D eigenvalue weighted by molar-refractivity contribution is -0.117. The summed E-state index contributed by atoms with van der Waals surface area (Å²) in [4.78, 5) is 27.4. The number of hydrogen-bond acceptors (Lipinski definition) is 9. The third-order valence-corrected chi connectivity index (χ3v) is 10.8. The molecule has 0 bridgehead atoms. The Hall–Kier alpha value is -4.04. The molecule has 14 heteroatoms. The van der Waals surface area contributed by atoms with Gasteiger partial charge in [0.25, 0.3) is 5.91 Å². The molecule has 6 rings (SSSR count). The van der Waals surface area contributed by atoms with Gasteiger partial charge < -0.3 is 20.9 Å². The molecule has 2 aromatic heterocycles. The zero-order chi connectivity index (χ0) is 31.2. The van der Waals surface area contributed by atoms with E-state index in [4.69, 9.17) is 5.10 Å². The molecule has 2 fully saturated rings. The molecule has 1 aliphatic carbocycles. The van der Waals surface area contributed by atoms with Crippen LogP contribution in [-0.4, -0.2) is 77.5 Å². The van der Waals surface area contributed by atoms with E-state index >= 15 is 0 Å². The van der Waals surface area contributed by atoms with Crippen LogP contribution in [0.1, 0.15) is 74.2 Å². The van der Waals surface area contributed by atoms with Gasteiger partial charge in [-0.15, -0.1) is 10.2 Å². The van der Waals surface area contributed by atoms with Gasteiger partial charge in [-0.25, -0.2) is 12.7 Å². The molecular weight excluding hydrogens is 582 g/mol. The molecule has 3 aromatic rings. The van der Waals surface area contributed by atoms with Gasteiger partial charge in [-0.2, -0.15) is 5.10 Å². The summed E-state index contributed by atoms with van der Waals surface area (Å²) in [6, 6.07) is 7.75. The maximum atomic E-state index is 12.7. The summed E-state index contributed by atoms with van der Waals surface area (Å²) in [5, 5.41) is 22.0. The third kappa shape index (κ3) is 5.40. The molecule has 3 N–H and O–H groups in total. The van der Waals surface area contributed by atoms with Gasteiger partial charge in [0.05, 0.1) is 46.8 Å². The van der Waals surface area contributed by atoms with Crippen LogP contribution < -0.4 is 20.9 Å².